The highest BCUT2D eigenvalue weighted by Gasteiger charge is 2.30. The van der Waals surface area contributed by atoms with E-state index >= 15 is 0 Å². The Morgan fingerprint density at radius 2 is 2.41 bits per heavy atom. The molecule has 2 rings (SSSR count). The molecule has 17 heavy (non-hydrogen) atoms. The number of nitrogens with two attached hydrogens (primary N) is 1. The summed E-state index contributed by atoms with van der Waals surface area (Å²) in [4.78, 5) is 20.1. The first kappa shape index (κ1) is 11.7. The van der Waals surface area contributed by atoms with Gasteiger partial charge in [-0.05, 0) is 6.92 Å². The average Bonchev–Trinajstić information content (AvgIpc) is 2.60. The molecule has 7 heteroatoms. The van der Waals surface area contributed by atoms with Crippen molar-refractivity contribution < 1.29 is 4.79 Å². The first-order valence-corrected chi connectivity index (χ1v) is 5.84. The van der Waals surface area contributed by atoms with Crippen LogP contribution in [0.25, 0.3) is 0 Å². The standard InChI is InChI=1S/C10H13N5OS/c1-6-8(10(11)5-12-3-4-13-10)17-9(14-6)15-7(2)16/h3-5,13H,11H2,1-2H3,(H,14,15,16). The van der Waals surface area contributed by atoms with Crippen molar-refractivity contribution in [2.24, 2.45) is 10.7 Å². The number of amides is 1. The molecule has 1 amide bonds. The maximum absolute atomic E-state index is 11.0. The minimum atomic E-state index is -0.854. The molecule has 6 nitrogen and oxygen atoms in total. The SMILES string of the molecule is CC(=O)Nc1nc(C)c(C2(N)C=NC=CN2)s1. The van der Waals surface area contributed by atoms with Crippen LogP contribution in [0.15, 0.2) is 17.4 Å². The monoisotopic (exact) mass is 251 g/mol. The lowest BCUT2D eigenvalue weighted by molar-refractivity contribution is -0.114. The summed E-state index contributed by atoms with van der Waals surface area (Å²) in [5, 5.41) is 6.21. The van der Waals surface area contributed by atoms with E-state index in [-0.39, 0.29) is 5.91 Å². The Morgan fingerprint density at radius 3 is 3.00 bits per heavy atom. The van der Waals surface area contributed by atoms with E-state index in [1.54, 1.807) is 18.6 Å². The molecule has 1 aromatic rings. The highest BCUT2D eigenvalue weighted by Crippen LogP contribution is 2.29. The number of aromatic nitrogens is 1. The molecule has 1 aromatic heterocycles. The molecule has 0 fully saturated rings. The van der Waals surface area contributed by atoms with Crippen LogP contribution >= 0.6 is 11.3 Å². The van der Waals surface area contributed by atoms with E-state index in [0.717, 1.165) is 10.6 Å². The van der Waals surface area contributed by atoms with Gasteiger partial charge in [-0.15, -0.1) is 0 Å². The molecule has 1 unspecified atom stereocenters. The fraction of sp³-hybridized carbons (Fsp3) is 0.300. The van der Waals surface area contributed by atoms with Crippen molar-refractivity contribution in [1.29, 1.82) is 0 Å². The molecule has 0 radical (unpaired) electrons. The van der Waals surface area contributed by atoms with Gasteiger partial charge >= 0.3 is 0 Å². The molecule has 4 N–H and O–H groups in total. The van der Waals surface area contributed by atoms with Gasteiger partial charge in [0.25, 0.3) is 0 Å². The molecule has 1 atom stereocenters. The van der Waals surface area contributed by atoms with E-state index in [9.17, 15) is 4.79 Å². The van der Waals surface area contributed by atoms with Crippen LogP contribution in [0.2, 0.25) is 0 Å². The Kier molecular flexibility index (Phi) is 2.95. The molecule has 0 saturated heterocycles. The van der Waals surface area contributed by atoms with E-state index < -0.39 is 5.66 Å². The van der Waals surface area contributed by atoms with E-state index in [4.69, 9.17) is 5.73 Å². The van der Waals surface area contributed by atoms with Gasteiger partial charge in [0, 0.05) is 25.5 Å². The molecule has 1 aliphatic rings. The van der Waals surface area contributed by atoms with E-state index in [2.05, 4.69) is 20.6 Å². The van der Waals surface area contributed by atoms with Crippen molar-refractivity contribution in [2.75, 3.05) is 5.32 Å². The number of aryl methyl sites for hydroxylation is 1. The molecule has 0 spiro atoms. The van der Waals surface area contributed by atoms with Gasteiger partial charge in [-0.2, -0.15) is 0 Å². The van der Waals surface area contributed by atoms with Gasteiger partial charge in [-0.25, -0.2) is 4.98 Å². The van der Waals surface area contributed by atoms with Crippen LogP contribution in [-0.4, -0.2) is 17.1 Å². The molecule has 90 valence electrons. The summed E-state index contributed by atoms with van der Waals surface area (Å²) in [6.07, 6.45) is 4.92. The second-order valence-corrected chi connectivity index (χ2v) is 4.72. The second kappa shape index (κ2) is 4.27. The van der Waals surface area contributed by atoms with Gasteiger partial charge in [0.05, 0.1) is 10.6 Å². The second-order valence-electron chi connectivity index (χ2n) is 3.72. The van der Waals surface area contributed by atoms with Crippen molar-refractivity contribution in [3.8, 4) is 0 Å². The maximum atomic E-state index is 11.0. The molecule has 0 aliphatic carbocycles. The van der Waals surface area contributed by atoms with Crippen LogP contribution in [-0.2, 0) is 10.5 Å². The first-order valence-electron chi connectivity index (χ1n) is 5.03. The molecule has 0 bridgehead atoms. The minimum Gasteiger partial charge on any atom is -0.363 e. The molecule has 0 aromatic carbocycles. The van der Waals surface area contributed by atoms with Crippen LogP contribution in [0.1, 0.15) is 17.5 Å². The third kappa shape index (κ3) is 2.34. The Bertz CT molecular complexity index is 507. The number of aliphatic imine (C=N–C) groups is 1. The average molecular weight is 251 g/mol. The molecular formula is C10H13N5OS. The maximum Gasteiger partial charge on any atom is 0.223 e. The first-order chi connectivity index (χ1) is 8.01. The molecule has 1 aliphatic heterocycles. The lowest BCUT2D eigenvalue weighted by Gasteiger charge is -2.26. The summed E-state index contributed by atoms with van der Waals surface area (Å²) in [5.74, 6) is -0.151. The van der Waals surface area contributed by atoms with Crippen molar-refractivity contribution in [2.45, 2.75) is 19.5 Å². The Labute approximate surface area is 103 Å². The number of anilines is 1. The number of rotatable bonds is 2. The molecular weight excluding hydrogens is 238 g/mol. The summed E-state index contributed by atoms with van der Waals surface area (Å²) < 4.78 is 0. The number of nitrogens with zero attached hydrogens (tertiary/aromatic N) is 2. The number of nitrogens with one attached hydrogen (secondary N) is 2. The zero-order valence-electron chi connectivity index (χ0n) is 9.52. The Balaban J connectivity index is 2.32. The topological polar surface area (TPSA) is 92.4 Å². The number of thiazole rings is 1. The minimum absolute atomic E-state index is 0.151. The summed E-state index contributed by atoms with van der Waals surface area (Å²) >= 11 is 1.34. The van der Waals surface area contributed by atoms with Gasteiger partial charge < -0.3 is 10.6 Å². The lowest BCUT2D eigenvalue weighted by Crippen LogP contribution is -2.50. The normalized spacial score (nSPS) is 22.3. The summed E-state index contributed by atoms with van der Waals surface area (Å²) in [5.41, 5.74) is 6.09. The zero-order chi connectivity index (χ0) is 12.5. The van der Waals surface area contributed by atoms with Crippen molar-refractivity contribution in [3.05, 3.63) is 23.0 Å². The van der Waals surface area contributed by atoms with Gasteiger partial charge in [0.15, 0.2) is 10.8 Å². The van der Waals surface area contributed by atoms with Crippen molar-refractivity contribution >= 4 is 28.6 Å². The predicted octanol–water partition coefficient (Wildman–Crippen LogP) is 0.667. The summed E-state index contributed by atoms with van der Waals surface area (Å²) in [6.45, 7) is 3.29. The molecule has 0 saturated carbocycles. The van der Waals surface area contributed by atoms with Gasteiger partial charge in [-0.1, -0.05) is 11.3 Å². The van der Waals surface area contributed by atoms with Crippen LogP contribution in [0, 0.1) is 6.92 Å². The van der Waals surface area contributed by atoms with Crippen LogP contribution < -0.4 is 16.4 Å². The van der Waals surface area contributed by atoms with Crippen molar-refractivity contribution in [1.82, 2.24) is 10.3 Å². The number of hydrogen-bond acceptors (Lipinski definition) is 6. The number of carbonyl (C=O) groups excluding carboxylic acids is 1. The fourth-order valence-corrected chi connectivity index (χ4v) is 2.57. The smallest absolute Gasteiger partial charge is 0.223 e. The number of hydrogen-bond donors (Lipinski definition) is 3. The number of carbonyl (C=O) groups is 1. The molecule has 2 heterocycles. The fourth-order valence-electron chi connectivity index (χ4n) is 1.52. The highest BCUT2D eigenvalue weighted by atomic mass is 32.1. The Morgan fingerprint density at radius 1 is 1.65 bits per heavy atom. The van der Waals surface area contributed by atoms with Crippen molar-refractivity contribution in [3.63, 3.8) is 0 Å². The zero-order valence-corrected chi connectivity index (χ0v) is 10.3. The third-order valence-electron chi connectivity index (χ3n) is 2.22. The highest BCUT2D eigenvalue weighted by molar-refractivity contribution is 7.16. The van der Waals surface area contributed by atoms with Crippen LogP contribution in [0.4, 0.5) is 5.13 Å². The van der Waals surface area contributed by atoms with Crippen LogP contribution in [0.3, 0.4) is 0 Å². The lowest BCUT2D eigenvalue weighted by atomic mass is 10.1. The van der Waals surface area contributed by atoms with E-state index in [1.807, 2.05) is 6.92 Å². The van der Waals surface area contributed by atoms with E-state index in [1.165, 1.54) is 18.3 Å². The quantitative estimate of drug-likeness (QED) is 0.720. The van der Waals surface area contributed by atoms with Gasteiger partial charge in [-0.3, -0.25) is 15.5 Å². The van der Waals surface area contributed by atoms with Crippen LogP contribution in [0.5, 0.6) is 0 Å². The van der Waals surface area contributed by atoms with Gasteiger partial charge in [0.2, 0.25) is 5.91 Å². The summed E-state index contributed by atoms with van der Waals surface area (Å²) in [6, 6.07) is 0. The van der Waals surface area contributed by atoms with Gasteiger partial charge in [0.1, 0.15) is 0 Å². The summed E-state index contributed by atoms with van der Waals surface area (Å²) in [7, 11) is 0. The Hall–Kier alpha value is -1.73. The van der Waals surface area contributed by atoms with E-state index in [0.29, 0.717) is 5.13 Å². The third-order valence-corrected chi connectivity index (χ3v) is 3.44. The predicted molar refractivity (Wildman–Crippen MR) is 67.8 cm³/mol. The largest absolute Gasteiger partial charge is 0.363 e.